The number of hydrogen-bond donors (Lipinski definition) is 2. The number of amides is 1. The Morgan fingerprint density at radius 2 is 1.88 bits per heavy atom. The maximum atomic E-state index is 13.2. The number of hydrazone groups is 1. The molecule has 0 radical (unpaired) electrons. The zero-order valence-electron chi connectivity index (χ0n) is 17.5. The molecule has 1 aromatic heterocycles. The minimum Gasteiger partial charge on any atom is -0.508 e. The van der Waals surface area contributed by atoms with E-state index in [-0.39, 0.29) is 23.0 Å². The van der Waals surface area contributed by atoms with Crippen LogP contribution in [-0.2, 0) is 4.79 Å². The molecule has 3 aromatic carbocycles. The summed E-state index contributed by atoms with van der Waals surface area (Å²) in [5.41, 5.74) is 4.66. The van der Waals surface area contributed by atoms with Crippen molar-refractivity contribution in [1.29, 1.82) is 0 Å². The molecular weight excluding hydrogens is 460 g/mol. The number of aromatic hydroxyl groups is 1. The molecule has 0 fully saturated rings. The molecule has 0 saturated carbocycles. The van der Waals surface area contributed by atoms with Gasteiger partial charge in [-0.05, 0) is 55.5 Å². The molecule has 0 aliphatic rings. The molecule has 33 heavy (non-hydrogen) atoms. The number of carbonyl (C=O) groups is 1. The van der Waals surface area contributed by atoms with Crippen LogP contribution in [0.1, 0.15) is 12.5 Å². The van der Waals surface area contributed by atoms with Gasteiger partial charge in [0.1, 0.15) is 5.75 Å². The third kappa shape index (κ3) is 5.24. The van der Waals surface area contributed by atoms with Gasteiger partial charge >= 0.3 is 0 Å². The van der Waals surface area contributed by atoms with Crippen molar-refractivity contribution >= 4 is 45.9 Å². The highest BCUT2D eigenvalue weighted by Crippen LogP contribution is 2.22. The Kier molecular flexibility index (Phi) is 6.76. The van der Waals surface area contributed by atoms with E-state index in [1.165, 1.54) is 4.57 Å². The average molecular weight is 479 g/mol. The van der Waals surface area contributed by atoms with Gasteiger partial charge in [0.15, 0.2) is 5.16 Å². The lowest BCUT2D eigenvalue weighted by atomic mass is 10.1. The predicted molar refractivity (Wildman–Crippen MR) is 132 cm³/mol. The van der Waals surface area contributed by atoms with Crippen LogP contribution < -0.4 is 11.0 Å². The van der Waals surface area contributed by atoms with Crippen molar-refractivity contribution in [1.82, 2.24) is 15.0 Å². The standard InChI is InChI=1S/C24H19ClN4O3S/c1-15(16-5-4-6-19(30)13-16)27-28-22(31)14-33-24-26-21-8-3-2-7-20(21)23(32)29(24)18-11-9-17(25)10-12-18/h2-13,30H,14H2,1H3,(H,28,31)/b27-15-. The number of para-hydroxylation sites is 1. The second-order valence-electron chi connectivity index (χ2n) is 7.10. The van der Waals surface area contributed by atoms with E-state index in [0.717, 1.165) is 11.8 Å². The highest BCUT2D eigenvalue weighted by molar-refractivity contribution is 7.99. The Morgan fingerprint density at radius 1 is 1.12 bits per heavy atom. The van der Waals surface area contributed by atoms with E-state index in [1.807, 2.05) is 0 Å². The maximum absolute atomic E-state index is 13.2. The smallest absolute Gasteiger partial charge is 0.266 e. The van der Waals surface area contributed by atoms with Crippen molar-refractivity contribution < 1.29 is 9.90 Å². The molecule has 0 saturated heterocycles. The molecule has 0 aliphatic heterocycles. The van der Waals surface area contributed by atoms with E-state index >= 15 is 0 Å². The summed E-state index contributed by atoms with van der Waals surface area (Å²) in [6.45, 7) is 1.73. The van der Waals surface area contributed by atoms with Gasteiger partial charge in [0.2, 0.25) is 0 Å². The fourth-order valence-corrected chi connectivity index (χ4v) is 4.06. The minimum absolute atomic E-state index is 0.00477. The lowest BCUT2D eigenvalue weighted by molar-refractivity contribution is -0.118. The van der Waals surface area contributed by atoms with E-state index in [0.29, 0.717) is 38.0 Å². The lowest BCUT2D eigenvalue weighted by Crippen LogP contribution is -2.24. The number of rotatable bonds is 6. The molecule has 0 aliphatic carbocycles. The van der Waals surface area contributed by atoms with Crippen molar-refractivity contribution in [2.45, 2.75) is 12.1 Å². The van der Waals surface area contributed by atoms with Gasteiger partial charge in [-0.25, -0.2) is 10.4 Å². The Balaban J connectivity index is 1.58. The molecule has 0 spiro atoms. The van der Waals surface area contributed by atoms with Crippen molar-refractivity contribution in [3.8, 4) is 11.4 Å². The number of aromatic nitrogens is 2. The fourth-order valence-electron chi connectivity index (χ4n) is 3.13. The first kappa shape index (κ1) is 22.6. The topological polar surface area (TPSA) is 96.6 Å². The molecular formula is C24H19ClN4O3S. The summed E-state index contributed by atoms with van der Waals surface area (Å²) < 4.78 is 1.47. The monoisotopic (exact) mass is 478 g/mol. The summed E-state index contributed by atoms with van der Waals surface area (Å²) in [6, 6.07) is 20.5. The number of phenolic OH excluding ortho intramolecular Hbond substituents is 1. The van der Waals surface area contributed by atoms with Gasteiger partial charge in [-0.15, -0.1) is 0 Å². The molecule has 166 valence electrons. The van der Waals surface area contributed by atoms with Crippen LogP contribution in [0.5, 0.6) is 5.75 Å². The van der Waals surface area contributed by atoms with Crippen LogP contribution in [0, 0.1) is 0 Å². The molecule has 4 aromatic rings. The lowest BCUT2D eigenvalue weighted by Gasteiger charge is -2.13. The predicted octanol–water partition coefficient (Wildman–Crippen LogP) is 4.38. The molecule has 0 bridgehead atoms. The van der Waals surface area contributed by atoms with Crippen LogP contribution in [0.3, 0.4) is 0 Å². The molecule has 7 nitrogen and oxygen atoms in total. The van der Waals surface area contributed by atoms with E-state index in [1.54, 1.807) is 79.7 Å². The number of halogens is 1. The Bertz CT molecular complexity index is 1420. The number of hydrogen-bond acceptors (Lipinski definition) is 6. The summed E-state index contributed by atoms with van der Waals surface area (Å²) in [5, 5.41) is 15.1. The third-order valence-corrected chi connectivity index (χ3v) is 5.96. The van der Waals surface area contributed by atoms with Gasteiger partial charge in [0.25, 0.3) is 11.5 Å². The van der Waals surface area contributed by atoms with Gasteiger partial charge in [-0.1, -0.05) is 47.6 Å². The highest BCUT2D eigenvalue weighted by Gasteiger charge is 2.15. The zero-order valence-corrected chi connectivity index (χ0v) is 19.1. The van der Waals surface area contributed by atoms with Gasteiger partial charge < -0.3 is 5.11 Å². The summed E-state index contributed by atoms with van der Waals surface area (Å²) in [6.07, 6.45) is 0. The zero-order chi connectivity index (χ0) is 23.4. The Hall–Kier alpha value is -3.62. The first-order valence-electron chi connectivity index (χ1n) is 9.95. The van der Waals surface area contributed by atoms with Gasteiger partial charge in [0.05, 0.1) is 28.1 Å². The van der Waals surface area contributed by atoms with Crippen LogP contribution in [0.25, 0.3) is 16.6 Å². The number of fused-ring (bicyclic) bond motifs is 1. The SMILES string of the molecule is C/C(=N/NC(=O)CSc1nc2ccccc2c(=O)n1-c1ccc(Cl)cc1)c1cccc(O)c1. The average Bonchev–Trinajstić information content (AvgIpc) is 2.82. The van der Waals surface area contributed by atoms with Crippen LogP contribution >= 0.6 is 23.4 Å². The Labute approximate surface area is 198 Å². The summed E-state index contributed by atoms with van der Waals surface area (Å²) in [7, 11) is 0. The molecule has 2 N–H and O–H groups in total. The van der Waals surface area contributed by atoms with E-state index in [4.69, 9.17) is 11.6 Å². The molecule has 1 amide bonds. The van der Waals surface area contributed by atoms with E-state index in [9.17, 15) is 14.7 Å². The van der Waals surface area contributed by atoms with Gasteiger partial charge in [-0.2, -0.15) is 5.10 Å². The number of thioether (sulfide) groups is 1. The third-order valence-electron chi connectivity index (χ3n) is 4.77. The fraction of sp³-hybridized carbons (Fsp3) is 0.0833. The number of phenols is 1. The van der Waals surface area contributed by atoms with Crippen LogP contribution in [-0.4, -0.2) is 32.0 Å². The summed E-state index contributed by atoms with van der Waals surface area (Å²) in [4.78, 5) is 30.3. The number of nitrogens with zero attached hydrogens (tertiary/aromatic N) is 3. The van der Waals surface area contributed by atoms with E-state index in [2.05, 4.69) is 15.5 Å². The largest absolute Gasteiger partial charge is 0.508 e. The minimum atomic E-state index is -0.357. The van der Waals surface area contributed by atoms with Gasteiger partial charge in [-0.3, -0.25) is 14.2 Å². The maximum Gasteiger partial charge on any atom is 0.266 e. The van der Waals surface area contributed by atoms with Crippen LogP contribution in [0.2, 0.25) is 5.02 Å². The van der Waals surface area contributed by atoms with Crippen molar-refractivity contribution in [2.75, 3.05) is 5.75 Å². The first-order chi connectivity index (χ1) is 15.9. The number of benzene rings is 3. The highest BCUT2D eigenvalue weighted by atomic mass is 35.5. The number of nitrogens with one attached hydrogen (secondary N) is 1. The van der Waals surface area contributed by atoms with Gasteiger partial charge in [0, 0.05) is 10.6 Å². The molecule has 0 atom stereocenters. The Morgan fingerprint density at radius 3 is 2.64 bits per heavy atom. The number of carbonyl (C=O) groups excluding carboxylic acids is 1. The molecule has 0 unspecified atom stereocenters. The normalized spacial score (nSPS) is 11.5. The van der Waals surface area contributed by atoms with Crippen molar-refractivity contribution in [2.24, 2.45) is 5.10 Å². The van der Waals surface area contributed by atoms with Crippen molar-refractivity contribution in [3.05, 3.63) is 93.7 Å². The molecule has 1 heterocycles. The summed E-state index contributed by atoms with van der Waals surface area (Å²) >= 11 is 7.13. The van der Waals surface area contributed by atoms with Crippen LogP contribution in [0.15, 0.2) is 87.8 Å². The summed E-state index contributed by atoms with van der Waals surface area (Å²) in [5.74, 6) is -0.245. The molecule has 4 rings (SSSR count). The van der Waals surface area contributed by atoms with E-state index < -0.39 is 0 Å². The second-order valence-corrected chi connectivity index (χ2v) is 8.48. The quantitative estimate of drug-likeness (QED) is 0.185. The van der Waals surface area contributed by atoms with Crippen LogP contribution in [0.4, 0.5) is 0 Å². The second kappa shape index (κ2) is 9.89. The first-order valence-corrected chi connectivity index (χ1v) is 11.3. The molecule has 9 heteroatoms. The van der Waals surface area contributed by atoms with Crippen molar-refractivity contribution in [3.63, 3.8) is 0 Å².